The van der Waals surface area contributed by atoms with E-state index in [1.54, 1.807) is 13.1 Å². The minimum absolute atomic E-state index is 0.150. The molecule has 0 fully saturated rings. The van der Waals surface area contributed by atoms with Crippen LogP contribution in [0.1, 0.15) is 12.5 Å². The van der Waals surface area contributed by atoms with Crippen LogP contribution in [0.3, 0.4) is 0 Å². The van der Waals surface area contributed by atoms with E-state index in [0.717, 1.165) is 11.2 Å². The van der Waals surface area contributed by atoms with E-state index in [1.165, 1.54) is 0 Å². The number of rotatable bonds is 3. The Labute approximate surface area is 93.3 Å². The van der Waals surface area contributed by atoms with Gasteiger partial charge in [-0.25, -0.2) is 4.98 Å². The number of fused-ring (bicyclic) bond motifs is 1. The summed E-state index contributed by atoms with van der Waals surface area (Å²) < 4.78 is 1.91. The fourth-order valence-electron chi connectivity index (χ4n) is 1.41. The van der Waals surface area contributed by atoms with Crippen molar-refractivity contribution in [1.82, 2.24) is 14.7 Å². The maximum Gasteiger partial charge on any atom is 0.236 e. The van der Waals surface area contributed by atoms with Gasteiger partial charge in [-0.05, 0) is 24.6 Å². The summed E-state index contributed by atoms with van der Waals surface area (Å²) in [7, 11) is 0. The number of amides is 1. The summed E-state index contributed by atoms with van der Waals surface area (Å²) >= 11 is 0. The predicted octanol–water partition coefficient (Wildman–Crippen LogP) is 0.298. The van der Waals surface area contributed by atoms with Crippen molar-refractivity contribution in [3.8, 4) is 0 Å². The van der Waals surface area contributed by atoms with Gasteiger partial charge in [-0.2, -0.15) is 0 Å². The van der Waals surface area contributed by atoms with Gasteiger partial charge in [0.25, 0.3) is 0 Å². The Morgan fingerprint density at radius 2 is 2.44 bits per heavy atom. The van der Waals surface area contributed by atoms with Crippen LogP contribution in [0.4, 0.5) is 0 Å². The molecule has 5 nitrogen and oxygen atoms in total. The third-order valence-electron chi connectivity index (χ3n) is 2.34. The first kappa shape index (κ1) is 10.6. The maximum atomic E-state index is 11.3. The van der Waals surface area contributed by atoms with Crippen LogP contribution in [0.25, 0.3) is 5.65 Å². The SMILES string of the molecule is C[C@@H](N)C(=O)NCc1ccn2ccnc2c1. The van der Waals surface area contributed by atoms with Crippen molar-refractivity contribution >= 4 is 11.6 Å². The fraction of sp³-hybridized carbons (Fsp3) is 0.273. The minimum Gasteiger partial charge on any atom is -0.351 e. The number of hydrogen-bond donors (Lipinski definition) is 2. The molecule has 0 unspecified atom stereocenters. The number of aromatic nitrogens is 2. The molecular weight excluding hydrogens is 204 g/mol. The van der Waals surface area contributed by atoms with Gasteiger partial charge in [0, 0.05) is 25.1 Å². The Morgan fingerprint density at radius 3 is 3.19 bits per heavy atom. The van der Waals surface area contributed by atoms with Crippen molar-refractivity contribution in [3.63, 3.8) is 0 Å². The van der Waals surface area contributed by atoms with E-state index >= 15 is 0 Å². The van der Waals surface area contributed by atoms with Crippen LogP contribution < -0.4 is 11.1 Å². The number of hydrogen-bond acceptors (Lipinski definition) is 3. The molecule has 2 aromatic rings. The fourth-order valence-corrected chi connectivity index (χ4v) is 1.41. The lowest BCUT2D eigenvalue weighted by Crippen LogP contribution is -2.37. The highest BCUT2D eigenvalue weighted by molar-refractivity contribution is 5.80. The first-order valence-electron chi connectivity index (χ1n) is 5.12. The second kappa shape index (κ2) is 4.32. The normalized spacial score (nSPS) is 12.6. The van der Waals surface area contributed by atoms with Crippen LogP contribution in [0.5, 0.6) is 0 Å². The zero-order chi connectivity index (χ0) is 11.5. The summed E-state index contributed by atoms with van der Waals surface area (Å²) in [6.07, 6.45) is 5.52. The van der Waals surface area contributed by atoms with E-state index in [2.05, 4.69) is 10.3 Å². The first-order valence-corrected chi connectivity index (χ1v) is 5.12. The van der Waals surface area contributed by atoms with Crippen LogP contribution in [0.15, 0.2) is 30.7 Å². The van der Waals surface area contributed by atoms with Gasteiger partial charge in [-0.1, -0.05) is 0 Å². The van der Waals surface area contributed by atoms with Crippen LogP contribution >= 0.6 is 0 Å². The quantitative estimate of drug-likeness (QED) is 0.778. The highest BCUT2D eigenvalue weighted by atomic mass is 16.2. The molecule has 0 aliphatic heterocycles. The Hall–Kier alpha value is -1.88. The number of carbonyl (C=O) groups is 1. The lowest BCUT2D eigenvalue weighted by atomic mass is 10.2. The van der Waals surface area contributed by atoms with Crippen LogP contribution in [-0.4, -0.2) is 21.3 Å². The average Bonchev–Trinajstić information content (AvgIpc) is 2.72. The van der Waals surface area contributed by atoms with Gasteiger partial charge in [0.1, 0.15) is 5.65 Å². The van der Waals surface area contributed by atoms with E-state index in [1.807, 2.05) is 28.9 Å². The zero-order valence-corrected chi connectivity index (χ0v) is 9.05. The van der Waals surface area contributed by atoms with E-state index in [9.17, 15) is 4.79 Å². The molecular formula is C11H14N4O. The Bertz CT molecular complexity index is 503. The van der Waals surface area contributed by atoms with E-state index in [0.29, 0.717) is 6.54 Å². The van der Waals surface area contributed by atoms with E-state index in [-0.39, 0.29) is 5.91 Å². The molecule has 84 valence electrons. The molecule has 0 aliphatic rings. The summed E-state index contributed by atoms with van der Waals surface area (Å²) in [4.78, 5) is 15.4. The summed E-state index contributed by atoms with van der Waals surface area (Å²) in [5.74, 6) is -0.150. The molecule has 0 bridgehead atoms. The Kier molecular flexibility index (Phi) is 2.87. The molecule has 2 aromatic heterocycles. The molecule has 0 saturated heterocycles. The van der Waals surface area contributed by atoms with Gasteiger partial charge in [-0.3, -0.25) is 4.79 Å². The van der Waals surface area contributed by atoms with Gasteiger partial charge < -0.3 is 15.5 Å². The second-order valence-electron chi connectivity index (χ2n) is 3.73. The number of nitrogens with two attached hydrogens (primary N) is 1. The molecule has 3 N–H and O–H groups in total. The second-order valence-corrected chi connectivity index (χ2v) is 3.73. The molecule has 2 heterocycles. The largest absolute Gasteiger partial charge is 0.351 e. The van der Waals surface area contributed by atoms with Crippen LogP contribution in [0.2, 0.25) is 0 Å². The third kappa shape index (κ3) is 2.20. The van der Waals surface area contributed by atoms with Crippen molar-refractivity contribution in [2.24, 2.45) is 5.73 Å². The smallest absolute Gasteiger partial charge is 0.236 e. The molecule has 0 aromatic carbocycles. The van der Waals surface area contributed by atoms with E-state index in [4.69, 9.17) is 5.73 Å². The van der Waals surface area contributed by atoms with E-state index < -0.39 is 6.04 Å². The average molecular weight is 218 g/mol. The van der Waals surface area contributed by atoms with Gasteiger partial charge >= 0.3 is 0 Å². The lowest BCUT2D eigenvalue weighted by Gasteiger charge is -2.07. The maximum absolute atomic E-state index is 11.3. The number of imidazole rings is 1. The Morgan fingerprint density at radius 1 is 1.62 bits per heavy atom. The van der Waals surface area contributed by atoms with Gasteiger partial charge in [0.05, 0.1) is 6.04 Å². The lowest BCUT2D eigenvalue weighted by molar-refractivity contribution is -0.122. The molecule has 0 saturated carbocycles. The molecule has 0 radical (unpaired) electrons. The van der Waals surface area contributed by atoms with Gasteiger partial charge in [-0.15, -0.1) is 0 Å². The number of nitrogens with one attached hydrogen (secondary N) is 1. The minimum atomic E-state index is -0.477. The van der Waals surface area contributed by atoms with Crippen LogP contribution in [-0.2, 0) is 11.3 Å². The summed E-state index contributed by atoms with van der Waals surface area (Å²) in [6, 6.07) is 3.40. The monoisotopic (exact) mass is 218 g/mol. The molecule has 16 heavy (non-hydrogen) atoms. The summed E-state index contributed by atoms with van der Waals surface area (Å²) in [5, 5.41) is 2.75. The third-order valence-corrected chi connectivity index (χ3v) is 2.34. The van der Waals surface area contributed by atoms with Crippen molar-refractivity contribution in [2.75, 3.05) is 0 Å². The van der Waals surface area contributed by atoms with Crippen LogP contribution in [0, 0.1) is 0 Å². The van der Waals surface area contributed by atoms with Crippen molar-refractivity contribution in [2.45, 2.75) is 19.5 Å². The van der Waals surface area contributed by atoms with Crippen molar-refractivity contribution < 1.29 is 4.79 Å². The molecule has 1 atom stereocenters. The first-order chi connectivity index (χ1) is 7.66. The highest BCUT2D eigenvalue weighted by Gasteiger charge is 2.06. The summed E-state index contributed by atoms with van der Waals surface area (Å²) in [6.45, 7) is 2.14. The van der Waals surface area contributed by atoms with Gasteiger partial charge in [0.2, 0.25) is 5.91 Å². The standard InChI is InChI=1S/C11H14N4O/c1-8(12)11(16)14-7-9-2-4-15-5-3-13-10(15)6-9/h2-6,8H,7,12H2,1H3,(H,14,16)/t8-/m1/s1. The molecule has 2 rings (SSSR count). The molecule has 0 spiro atoms. The molecule has 1 amide bonds. The molecule has 0 aliphatic carbocycles. The number of pyridine rings is 1. The van der Waals surface area contributed by atoms with Crippen molar-refractivity contribution in [3.05, 3.63) is 36.3 Å². The topological polar surface area (TPSA) is 72.4 Å². The Balaban J connectivity index is 2.06. The van der Waals surface area contributed by atoms with Gasteiger partial charge in [0.15, 0.2) is 0 Å². The zero-order valence-electron chi connectivity index (χ0n) is 9.05. The number of carbonyl (C=O) groups excluding carboxylic acids is 1. The highest BCUT2D eigenvalue weighted by Crippen LogP contribution is 2.04. The predicted molar refractivity (Wildman–Crippen MR) is 60.7 cm³/mol. The number of nitrogens with zero attached hydrogens (tertiary/aromatic N) is 2. The molecule has 5 heteroatoms. The van der Waals surface area contributed by atoms with Crippen molar-refractivity contribution in [1.29, 1.82) is 0 Å². The summed E-state index contributed by atoms with van der Waals surface area (Å²) in [5.41, 5.74) is 7.32.